The monoisotopic (exact) mass is 403 g/mol. The molecule has 0 fully saturated rings. The molecule has 0 saturated carbocycles. The fraction of sp³-hybridized carbons (Fsp3) is 0.0870. The summed E-state index contributed by atoms with van der Waals surface area (Å²) in [6, 6.07) is 18.7. The van der Waals surface area contributed by atoms with Gasteiger partial charge in [0, 0.05) is 29.8 Å². The first-order valence-corrected chi connectivity index (χ1v) is 9.53. The molecule has 0 atom stereocenters. The van der Waals surface area contributed by atoms with E-state index in [1.54, 1.807) is 12.3 Å². The molecule has 0 bridgehead atoms. The Bertz CT molecular complexity index is 1180. The second kappa shape index (κ2) is 8.29. The van der Waals surface area contributed by atoms with Crippen molar-refractivity contribution in [3.8, 4) is 11.6 Å². The first-order valence-electron chi connectivity index (χ1n) is 9.15. The van der Waals surface area contributed by atoms with Gasteiger partial charge in [0.2, 0.25) is 5.88 Å². The molecule has 0 spiro atoms. The van der Waals surface area contributed by atoms with Crippen molar-refractivity contribution in [2.45, 2.75) is 12.8 Å². The van der Waals surface area contributed by atoms with Gasteiger partial charge in [-0.3, -0.25) is 4.79 Å². The molecule has 2 aromatic carbocycles. The van der Waals surface area contributed by atoms with E-state index in [0.29, 0.717) is 35.0 Å². The molecule has 0 radical (unpaired) electrons. The Morgan fingerprint density at radius 2 is 1.86 bits per heavy atom. The van der Waals surface area contributed by atoms with E-state index in [9.17, 15) is 4.79 Å². The highest BCUT2D eigenvalue weighted by Crippen LogP contribution is 2.28. The van der Waals surface area contributed by atoms with Crippen molar-refractivity contribution in [2.75, 3.05) is 5.73 Å². The number of fused-ring (bicyclic) bond motifs is 1. The predicted octanol–water partition coefficient (Wildman–Crippen LogP) is 5.47. The summed E-state index contributed by atoms with van der Waals surface area (Å²) in [5.74, 6) is 1.38. The van der Waals surface area contributed by atoms with E-state index < -0.39 is 0 Å². The summed E-state index contributed by atoms with van der Waals surface area (Å²) >= 11 is 6.26. The van der Waals surface area contributed by atoms with Crippen molar-refractivity contribution >= 4 is 34.0 Å². The standard InChI is InChI=1S/C23H18ClN3O2/c24-20-13-17(14-27-23(20)29-18-4-2-1-3-5-18)21(28)9-7-15-6-8-19-16(12-15)10-11-26-22(19)25/h1-6,8,10-14H,7,9H2,(H2,25,26). The number of nitrogen functional groups attached to an aromatic ring is 1. The Morgan fingerprint density at radius 1 is 1.03 bits per heavy atom. The second-order valence-corrected chi connectivity index (χ2v) is 7.01. The highest BCUT2D eigenvalue weighted by molar-refractivity contribution is 6.32. The van der Waals surface area contributed by atoms with Crippen LogP contribution in [-0.4, -0.2) is 15.8 Å². The molecule has 6 heteroatoms. The van der Waals surface area contributed by atoms with Crippen LogP contribution < -0.4 is 10.5 Å². The zero-order valence-electron chi connectivity index (χ0n) is 15.5. The molecule has 4 aromatic rings. The van der Waals surface area contributed by atoms with E-state index in [1.165, 1.54) is 6.20 Å². The van der Waals surface area contributed by atoms with Crippen LogP contribution >= 0.6 is 11.6 Å². The number of ketones is 1. The lowest BCUT2D eigenvalue weighted by Gasteiger charge is -2.08. The van der Waals surface area contributed by atoms with Gasteiger partial charge in [-0.25, -0.2) is 9.97 Å². The Hall–Kier alpha value is -3.44. The highest BCUT2D eigenvalue weighted by atomic mass is 35.5. The summed E-state index contributed by atoms with van der Waals surface area (Å²) in [4.78, 5) is 20.9. The molecule has 0 aliphatic heterocycles. The molecule has 144 valence electrons. The number of Topliss-reactive ketones (excluding diaryl/α,β-unsaturated/α-hetero) is 1. The average Bonchev–Trinajstić information content (AvgIpc) is 2.74. The van der Waals surface area contributed by atoms with Gasteiger partial charge in [-0.05, 0) is 41.6 Å². The predicted molar refractivity (Wildman–Crippen MR) is 115 cm³/mol. The Labute approximate surface area is 173 Å². The maximum absolute atomic E-state index is 12.6. The minimum atomic E-state index is -0.0278. The van der Waals surface area contributed by atoms with E-state index in [4.69, 9.17) is 22.1 Å². The van der Waals surface area contributed by atoms with Gasteiger partial charge in [0.15, 0.2) is 5.78 Å². The number of ether oxygens (including phenoxy) is 1. The summed E-state index contributed by atoms with van der Waals surface area (Å²) < 4.78 is 5.65. The number of para-hydroxylation sites is 1. The summed E-state index contributed by atoms with van der Waals surface area (Å²) in [6.07, 6.45) is 4.14. The van der Waals surface area contributed by atoms with E-state index in [1.807, 2.05) is 54.6 Å². The van der Waals surface area contributed by atoms with Crippen molar-refractivity contribution in [3.63, 3.8) is 0 Å². The lowest BCUT2D eigenvalue weighted by molar-refractivity contribution is 0.0982. The lowest BCUT2D eigenvalue weighted by Crippen LogP contribution is -2.03. The van der Waals surface area contributed by atoms with Crippen molar-refractivity contribution in [3.05, 3.63) is 89.2 Å². The number of carbonyl (C=O) groups is 1. The molecule has 0 aliphatic carbocycles. The highest BCUT2D eigenvalue weighted by Gasteiger charge is 2.12. The minimum Gasteiger partial charge on any atom is -0.438 e. The summed E-state index contributed by atoms with van der Waals surface area (Å²) in [6.45, 7) is 0. The van der Waals surface area contributed by atoms with Crippen LogP contribution in [0.1, 0.15) is 22.3 Å². The Morgan fingerprint density at radius 3 is 2.66 bits per heavy atom. The molecular formula is C23H18ClN3O2. The van der Waals surface area contributed by atoms with Gasteiger partial charge in [-0.15, -0.1) is 0 Å². The van der Waals surface area contributed by atoms with Crippen molar-refractivity contribution in [1.82, 2.24) is 9.97 Å². The van der Waals surface area contributed by atoms with Gasteiger partial charge in [-0.2, -0.15) is 0 Å². The maximum Gasteiger partial charge on any atom is 0.238 e. The average molecular weight is 404 g/mol. The number of rotatable bonds is 6. The van der Waals surface area contributed by atoms with E-state index in [0.717, 1.165) is 16.3 Å². The van der Waals surface area contributed by atoms with Crippen molar-refractivity contribution in [2.24, 2.45) is 0 Å². The number of aryl methyl sites for hydroxylation is 1. The maximum atomic E-state index is 12.6. The van der Waals surface area contributed by atoms with Crippen molar-refractivity contribution in [1.29, 1.82) is 0 Å². The number of nitrogens with two attached hydrogens (primary N) is 1. The number of halogens is 1. The van der Waals surface area contributed by atoms with Crippen LogP contribution in [0.15, 0.2) is 73.1 Å². The normalized spacial score (nSPS) is 10.8. The third-order valence-corrected chi connectivity index (χ3v) is 4.86. The van der Waals surface area contributed by atoms with Gasteiger partial charge in [0.25, 0.3) is 0 Å². The molecule has 29 heavy (non-hydrogen) atoms. The zero-order valence-corrected chi connectivity index (χ0v) is 16.3. The smallest absolute Gasteiger partial charge is 0.238 e. The fourth-order valence-electron chi connectivity index (χ4n) is 3.06. The Kier molecular flexibility index (Phi) is 5.40. The van der Waals surface area contributed by atoms with Gasteiger partial charge < -0.3 is 10.5 Å². The largest absolute Gasteiger partial charge is 0.438 e. The minimum absolute atomic E-state index is 0.0278. The van der Waals surface area contributed by atoms with Crippen LogP contribution in [0, 0.1) is 0 Å². The van der Waals surface area contributed by atoms with Crippen LogP contribution in [0.2, 0.25) is 5.02 Å². The van der Waals surface area contributed by atoms with Crippen LogP contribution in [0.5, 0.6) is 11.6 Å². The summed E-state index contributed by atoms with van der Waals surface area (Å²) in [7, 11) is 0. The third kappa shape index (κ3) is 4.36. The number of anilines is 1. The zero-order chi connectivity index (χ0) is 20.2. The topological polar surface area (TPSA) is 78.1 Å². The molecule has 0 unspecified atom stereocenters. The summed E-state index contributed by atoms with van der Waals surface area (Å²) in [5.41, 5.74) is 7.40. The van der Waals surface area contributed by atoms with Gasteiger partial charge >= 0.3 is 0 Å². The lowest BCUT2D eigenvalue weighted by atomic mass is 10.0. The van der Waals surface area contributed by atoms with Gasteiger partial charge in [0.1, 0.15) is 16.6 Å². The third-order valence-electron chi connectivity index (χ3n) is 4.59. The molecule has 0 amide bonds. The second-order valence-electron chi connectivity index (χ2n) is 6.60. The number of aromatic nitrogens is 2. The van der Waals surface area contributed by atoms with E-state index in [-0.39, 0.29) is 11.7 Å². The molecular weight excluding hydrogens is 386 g/mol. The number of nitrogens with zero attached hydrogens (tertiary/aromatic N) is 2. The molecule has 2 aromatic heterocycles. The number of carbonyl (C=O) groups excluding carboxylic acids is 1. The molecule has 4 rings (SSSR count). The first-order chi connectivity index (χ1) is 14.1. The Balaban J connectivity index is 1.44. The molecule has 5 nitrogen and oxygen atoms in total. The molecule has 2 N–H and O–H groups in total. The van der Waals surface area contributed by atoms with Crippen LogP contribution in [0.25, 0.3) is 10.8 Å². The van der Waals surface area contributed by atoms with E-state index >= 15 is 0 Å². The fourth-order valence-corrected chi connectivity index (χ4v) is 3.27. The summed E-state index contributed by atoms with van der Waals surface area (Å²) in [5, 5.41) is 2.22. The van der Waals surface area contributed by atoms with Crippen LogP contribution in [-0.2, 0) is 6.42 Å². The van der Waals surface area contributed by atoms with Crippen molar-refractivity contribution < 1.29 is 9.53 Å². The molecule has 0 aliphatic rings. The van der Waals surface area contributed by atoms with Gasteiger partial charge in [0.05, 0.1) is 0 Å². The molecule has 2 heterocycles. The molecule has 0 saturated heterocycles. The number of pyridine rings is 2. The van der Waals surface area contributed by atoms with Gasteiger partial charge in [-0.1, -0.05) is 48.0 Å². The first kappa shape index (κ1) is 18.9. The number of benzene rings is 2. The number of hydrogen-bond acceptors (Lipinski definition) is 5. The number of hydrogen-bond donors (Lipinski definition) is 1. The van der Waals surface area contributed by atoms with E-state index in [2.05, 4.69) is 9.97 Å². The van der Waals surface area contributed by atoms with Crippen LogP contribution in [0.3, 0.4) is 0 Å². The quantitative estimate of drug-likeness (QED) is 0.431. The van der Waals surface area contributed by atoms with Crippen LogP contribution in [0.4, 0.5) is 5.82 Å². The SMILES string of the molecule is Nc1nccc2cc(CCC(=O)c3cnc(Oc4ccccc4)c(Cl)c3)ccc12.